The molecule has 0 fully saturated rings. The Morgan fingerprint density at radius 3 is 1.27 bits per heavy atom. The highest BCUT2D eigenvalue weighted by atomic mass is 31.2. The molecule has 0 rings (SSSR count). The van der Waals surface area contributed by atoms with Gasteiger partial charge in [0, 0.05) is 12.8 Å². The molecule has 0 spiro atoms. The minimum atomic E-state index is -4.77. The van der Waals surface area contributed by atoms with Gasteiger partial charge in [-0.3, -0.25) is 18.6 Å². The van der Waals surface area contributed by atoms with Gasteiger partial charge in [-0.15, -0.1) is 0 Å². The molecule has 66 heavy (non-hydrogen) atoms. The molecule has 0 bridgehead atoms. The number of carbonyl (C=O) groups is 3. The summed E-state index contributed by atoms with van der Waals surface area (Å²) in [5, 5.41) is 21.9. The number of nitrogens with one attached hydrogen (secondary N) is 1. The second-order valence-corrected chi connectivity index (χ2v) is 19.5. The first-order chi connectivity index (χ1) is 32.1. The molecule has 1 amide bonds. The van der Waals surface area contributed by atoms with E-state index in [4.69, 9.17) is 13.8 Å². The molecular formula is C54H98NO10P. The Morgan fingerprint density at radius 1 is 0.485 bits per heavy atom. The summed E-state index contributed by atoms with van der Waals surface area (Å²) in [6.45, 7) is 2.60. The van der Waals surface area contributed by atoms with Crippen LogP contribution in [0.25, 0.3) is 0 Å². The molecule has 0 saturated heterocycles. The predicted molar refractivity (Wildman–Crippen MR) is 272 cm³/mol. The molecule has 3 atom stereocenters. The molecule has 12 heteroatoms. The van der Waals surface area contributed by atoms with Gasteiger partial charge in [0.1, 0.15) is 12.7 Å². The smallest absolute Gasteiger partial charge is 0.472 e. The highest BCUT2D eigenvalue weighted by Gasteiger charge is 2.28. The summed E-state index contributed by atoms with van der Waals surface area (Å²) in [6.07, 6.45) is 57.0. The summed E-state index contributed by atoms with van der Waals surface area (Å²) in [4.78, 5) is 46.2. The van der Waals surface area contributed by atoms with Crippen molar-refractivity contribution in [1.82, 2.24) is 5.32 Å². The van der Waals surface area contributed by atoms with Crippen molar-refractivity contribution >= 4 is 25.7 Å². The fraction of sp³-hybridized carbons (Fsp3) is 0.796. The van der Waals surface area contributed by atoms with Gasteiger partial charge in [-0.1, -0.05) is 223 Å². The number of aliphatic hydroxyl groups excluding tert-OH is 1. The predicted octanol–water partition coefficient (Wildman–Crippen LogP) is 14.9. The van der Waals surface area contributed by atoms with Crippen molar-refractivity contribution < 1.29 is 47.8 Å². The Morgan fingerprint density at radius 2 is 0.833 bits per heavy atom. The first kappa shape index (κ1) is 63.4. The van der Waals surface area contributed by atoms with E-state index in [0.717, 1.165) is 83.5 Å². The standard InChI is InChI=1S/C54H98NO10P/c1-3-5-7-9-11-13-15-17-19-21-23-24-25-26-28-29-31-33-35-37-39-41-43-45-52(57)55-51(54(59)60)49-65-66(61,62)64-48-50(56)47-63-53(58)46-44-42-40-38-36-34-32-30-27-22-20-18-16-14-12-10-8-6-4-2/h11,13,17,19,23-24,26,28,50-51,56H,3-10,12,14-16,18,20-22,25,27,29-49H2,1-2H3,(H,55,57)(H,59,60)(H,61,62)/b13-11-,19-17-,24-23-,28-26-. The minimum absolute atomic E-state index is 0.133. The maximum Gasteiger partial charge on any atom is 0.472 e. The molecule has 0 aliphatic heterocycles. The number of allylic oxidation sites excluding steroid dienone is 8. The summed E-state index contributed by atoms with van der Waals surface area (Å²) in [6, 6.07) is -1.55. The van der Waals surface area contributed by atoms with Crippen molar-refractivity contribution in [3.63, 3.8) is 0 Å². The fourth-order valence-corrected chi connectivity index (χ4v) is 8.25. The van der Waals surface area contributed by atoms with Gasteiger partial charge < -0.3 is 25.2 Å². The zero-order chi connectivity index (χ0) is 48.4. The second-order valence-electron chi connectivity index (χ2n) is 18.1. The van der Waals surface area contributed by atoms with Crippen LogP contribution in [0.15, 0.2) is 48.6 Å². The van der Waals surface area contributed by atoms with E-state index < -0.39 is 57.6 Å². The van der Waals surface area contributed by atoms with Crippen molar-refractivity contribution in [3.8, 4) is 0 Å². The van der Waals surface area contributed by atoms with Crippen molar-refractivity contribution in [2.45, 2.75) is 257 Å². The van der Waals surface area contributed by atoms with Crippen LogP contribution in [0.5, 0.6) is 0 Å². The van der Waals surface area contributed by atoms with E-state index >= 15 is 0 Å². The number of aliphatic hydroxyl groups is 1. The summed E-state index contributed by atoms with van der Waals surface area (Å²) < 4.78 is 27.0. The number of phosphoric acid groups is 1. The molecule has 0 aromatic carbocycles. The third kappa shape index (κ3) is 47.9. The number of carboxylic acid groups (broad SMARTS) is 1. The molecule has 4 N–H and O–H groups in total. The monoisotopic (exact) mass is 952 g/mol. The van der Waals surface area contributed by atoms with Crippen LogP contribution in [0.1, 0.15) is 245 Å². The van der Waals surface area contributed by atoms with E-state index in [0.29, 0.717) is 12.8 Å². The van der Waals surface area contributed by atoms with Gasteiger partial charge in [0.25, 0.3) is 0 Å². The number of rotatable bonds is 50. The fourth-order valence-electron chi connectivity index (χ4n) is 7.48. The number of ether oxygens (including phenoxy) is 1. The summed E-state index contributed by atoms with van der Waals surface area (Å²) >= 11 is 0. The Balaban J connectivity index is 3.84. The van der Waals surface area contributed by atoms with Crippen LogP contribution in [0.2, 0.25) is 0 Å². The molecule has 0 radical (unpaired) electrons. The lowest BCUT2D eigenvalue weighted by molar-refractivity contribution is -0.147. The van der Waals surface area contributed by atoms with Crippen LogP contribution in [0, 0.1) is 0 Å². The average molecular weight is 952 g/mol. The Hall–Kier alpha value is -2.56. The Labute approximate surface area is 403 Å². The number of unbranched alkanes of at least 4 members (excludes halogenated alkanes) is 28. The lowest BCUT2D eigenvalue weighted by Crippen LogP contribution is -2.43. The van der Waals surface area contributed by atoms with E-state index in [9.17, 15) is 34.1 Å². The molecule has 0 aliphatic rings. The van der Waals surface area contributed by atoms with Crippen LogP contribution in [0.4, 0.5) is 0 Å². The Bertz CT molecular complexity index is 1300. The van der Waals surface area contributed by atoms with Crippen LogP contribution < -0.4 is 5.32 Å². The molecular weight excluding hydrogens is 854 g/mol. The number of aliphatic carboxylic acids is 1. The van der Waals surface area contributed by atoms with E-state index in [2.05, 4.69) is 67.8 Å². The average Bonchev–Trinajstić information content (AvgIpc) is 3.29. The zero-order valence-electron chi connectivity index (χ0n) is 42.0. The van der Waals surface area contributed by atoms with Gasteiger partial charge in [-0.2, -0.15) is 0 Å². The molecule has 0 aliphatic carbocycles. The van der Waals surface area contributed by atoms with Crippen molar-refractivity contribution in [3.05, 3.63) is 48.6 Å². The van der Waals surface area contributed by atoms with Crippen LogP contribution in [0.3, 0.4) is 0 Å². The molecule has 0 aromatic heterocycles. The van der Waals surface area contributed by atoms with Crippen LogP contribution >= 0.6 is 7.82 Å². The molecule has 3 unspecified atom stereocenters. The van der Waals surface area contributed by atoms with E-state index in [1.807, 2.05) is 0 Å². The lowest BCUT2D eigenvalue weighted by Gasteiger charge is -2.18. The quantitative estimate of drug-likeness (QED) is 0.0199. The second kappa shape index (κ2) is 48.9. The number of phosphoric ester groups is 1. The highest BCUT2D eigenvalue weighted by Crippen LogP contribution is 2.43. The largest absolute Gasteiger partial charge is 0.480 e. The van der Waals surface area contributed by atoms with E-state index in [1.54, 1.807) is 0 Å². The normalized spacial score (nSPS) is 13.9. The number of amides is 1. The number of esters is 1. The van der Waals surface area contributed by atoms with Gasteiger partial charge in [0.05, 0.1) is 13.2 Å². The third-order valence-electron chi connectivity index (χ3n) is 11.6. The highest BCUT2D eigenvalue weighted by molar-refractivity contribution is 7.47. The zero-order valence-corrected chi connectivity index (χ0v) is 42.9. The third-order valence-corrected chi connectivity index (χ3v) is 12.6. The minimum Gasteiger partial charge on any atom is -0.480 e. The molecule has 11 nitrogen and oxygen atoms in total. The molecule has 0 aromatic rings. The number of hydrogen-bond donors (Lipinski definition) is 4. The summed E-state index contributed by atoms with van der Waals surface area (Å²) in [5.41, 5.74) is 0. The summed E-state index contributed by atoms with van der Waals surface area (Å²) in [5.74, 6) is -2.38. The maximum absolute atomic E-state index is 12.4. The molecule has 0 saturated carbocycles. The number of carboxylic acids is 1. The van der Waals surface area contributed by atoms with E-state index in [-0.39, 0.29) is 12.8 Å². The van der Waals surface area contributed by atoms with Crippen LogP contribution in [-0.4, -0.2) is 64.9 Å². The maximum atomic E-state index is 12.4. The van der Waals surface area contributed by atoms with Crippen molar-refractivity contribution in [1.29, 1.82) is 0 Å². The van der Waals surface area contributed by atoms with Crippen molar-refractivity contribution in [2.75, 3.05) is 19.8 Å². The molecule has 384 valence electrons. The van der Waals surface area contributed by atoms with Gasteiger partial charge >= 0.3 is 19.8 Å². The topological polar surface area (TPSA) is 169 Å². The van der Waals surface area contributed by atoms with Gasteiger partial charge in [0.15, 0.2) is 6.04 Å². The number of hydrogen-bond acceptors (Lipinski definition) is 8. The first-order valence-corrected chi connectivity index (χ1v) is 28.2. The molecule has 0 heterocycles. The first-order valence-electron chi connectivity index (χ1n) is 26.7. The Kier molecular flexibility index (Phi) is 47.0. The van der Waals surface area contributed by atoms with Crippen LogP contribution in [-0.2, 0) is 32.7 Å². The van der Waals surface area contributed by atoms with Gasteiger partial charge in [-0.05, 0) is 57.8 Å². The van der Waals surface area contributed by atoms with Gasteiger partial charge in [-0.25, -0.2) is 9.36 Å². The SMILES string of the molecule is CCCCC/C=C\C/C=C\C/C=C\C/C=C\CCCCCCCCCC(=O)NC(COP(=O)(O)OCC(O)COC(=O)CCCCCCCCCCCCCCCCCCCCC)C(=O)O. The lowest BCUT2D eigenvalue weighted by atomic mass is 10.0. The van der Waals surface area contributed by atoms with Crippen molar-refractivity contribution in [2.24, 2.45) is 0 Å². The summed E-state index contributed by atoms with van der Waals surface area (Å²) in [7, 11) is -4.77. The van der Waals surface area contributed by atoms with E-state index in [1.165, 1.54) is 122 Å². The number of carbonyl (C=O) groups excluding carboxylic acids is 2. The van der Waals surface area contributed by atoms with Gasteiger partial charge in [0.2, 0.25) is 5.91 Å².